The molecule has 0 fully saturated rings. The van der Waals surface area contributed by atoms with E-state index in [1.807, 2.05) is 78.9 Å². The molecule has 766 valence electrons. The Kier molecular flexibility index (Phi) is 92.8. The molecule has 0 unspecified atom stereocenters. The fraction of sp³-hybridized carbons (Fsp3) is 0.531. The van der Waals surface area contributed by atoms with Gasteiger partial charge in [0.2, 0.25) is 0 Å². The van der Waals surface area contributed by atoms with E-state index in [1.54, 1.807) is 0 Å². The average molecular weight is 2290 g/mol. The number of unbranched alkanes of at least 4 members (excludes halogenated alkanes) is 42. The Bertz CT molecular complexity index is 5120. The van der Waals surface area contributed by atoms with Gasteiger partial charge >= 0.3 is 462 Å². The molecule has 8 bridgehead atoms. The van der Waals surface area contributed by atoms with Crippen LogP contribution >= 0.6 is 0 Å². The van der Waals surface area contributed by atoms with Crippen LogP contribution in [0.3, 0.4) is 0 Å². The van der Waals surface area contributed by atoms with Crippen LogP contribution in [0.1, 0.15) is 401 Å². The quantitative estimate of drug-likeness (QED) is 0.0264. The summed E-state index contributed by atoms with van der Waals surface area (Å²) in [6.07, 6.45) is 43.8. The molecule has 0 saturated heterocycles. The maximum Gasteiger partial charge on any atom is 1.00 e. The van der Waals surface area contributed by atoms with Crippen LogP contribution in [-0.2, 0) is 28.8 Å². The van der Waals surface area contributed by atoms with Gasteiger partial charge in [-0.2, -0.15) is 0 Å². The first-order valence-electron chi connectivity index (χ1n) is 51.9. The van der Waals surface area contributed by atoms with E-state index in [0.717, 1.165) is 224 Å². The number of hydrogen-bond acceptors (Lipinski definition) is 26. The Morgan fingerprint density at radius 1 is 0.200 bits per heavy atom. The number of aliphatic carboxylic acids is 6. The zero-order valence-electron chi connectivity index (χ0n) is 91.1. The van der Waals surface area contributed by atoms with Crippen molar-refractivity contribution in [2.75, 3.05) is 39.6 Å². The Labute approximate surface area is 1270 Å². The van der Waals surface area contributed by atoms with E-state index in [9.17, 15) is 89.1 Å². The Morgan fingerprint density at radius 3 is 0.533 bits per heavy atom. The fourth-order valence-electron chi connectivity index (χ4n) is 18.1. The molecular weight excluding hydrogens is 2150 g/mol. The third-order valence-corrected chi connectivity index (χ3v) is 25.7. The number of ether oxygens (including phenoxy) is 6. The maximum absolute atomic E-state index is 13.7. The van der Waals surface area contributed by atoms with Crippen LogP contribution in [0.2, 0.25) is 0 Å². The second kappa shape index (κ2) is 91.4. The van der Waals surface area contributed by atoms with Gasteiger partial charge in [0.05, 0.1) is 97.0 Å². The van der Waals surface area contributed by atoms with Crippen LogP contribution in [0.5, 0.6) is 34.5 Å². The number of hydrogen-bond donors (Lipinski definition) is 2. The first-order valence-corrected chi connectivity index (χ1v) is 51.9. The van der Waals surface area contributed by atoms with Gasteiger partial charge in [-0.05, 0) is 206 Å². The van der Waals surface area contributed by atoms with E-state index in [1.165, 1.54) is 36.4 Å². The molecule has 0 atom stereocenters. The van der Waals surface area contributed by atoms with Gasteiger partial charge in [-0.3, -0.25) is 0 Å². The van der Waals surface area contributed by atoms with E-state index >= 15 is 0 Å². The summed E-state index contributed by atoms with van der Waals surface area (Å²) in [5.41, 5.74) is 6.00. The van der Waals surface area contributed by atoms with E-state index in [4.69, 9.17) is 38.4 Å². The van der Waals surface area contributed by atoms with Crippen LogP contribution in [-0.4, -0.2) is 113 Å². The number of nitrogens with zero attached hydrogens (tertiary/aromatic N) is 2. The summed E-state index contributed by atoms with van der Waals surface area (Å²) in [5, 5.41) is 108. The van der Waals surface area contributed by atoms with Crippen molar-refractivity contribution in [1.82, 2.24) is 19.9 Å². The second-order valence-corrected chi connectivity index (χ2v) is 37.1. The van der Waals surface area contributed by atoms with Gasteiger partial charge in [0.25, 0.3) is 0 Å². The number of aromatic amines is 2. The fourth-order valence-corrected chi connectivity index (χ4v) is 18.1. The summed E-state index contributed by atoms with van der Waals surface area (Å²) in [4.78, 5) is 127. The normalized spacial score (nSPS) is 10.9. The van der Waals surface area contributed by atoms with Crippen LogP contribution < -0.4 is 537 Å². The van der Waals surface area contributed by atoms with Gasteiger partial charge in [-0.15, -0.1) is 0 Å². The number of aromatic carboxylic acids is 3. The molecule has 0 amide bonds. The van der Waals surface area contributed by atoms with Crippen molar-refractivity contribution >= 4 is 100 Å². The molecule has 5 heterocycles. The number of carboxylic acids is 9. The summed E-state index contributed by atoms with van der Waals surface area (Å²) in [6, 6.07) is 25.8. The molecule has 28 nitrogen and oxygen atoms in total. The van der Waals surface area contributed by atoms with Crippen LogP contribution in [0, 0.1) is 0 Å². The molecule has 37 heteroatoms. The number of carbonyl (C=O) groups is 9. The van der Waals surface area contributed by atoms with E-state index in [-0.39, 0.29) is 603 Å². The van der Waals surface area contributed by atoms with Crippen LogP contribution in [0.15, 0.2) is 91.0 Å². The number of benzene rings is 4. The Balaban J connectivity index is 0.0000247. The van der Waals surface area contributed by atoms with Crippen molar-refractivity contribution in [3.63, 3.8) is 0 Å². The van der Waals surface area contributed by atoms with Crippen LogP contribution in [0.4, 0.5) is 0 Å². The first-order chi connectivity index (χ1) is 68.5. The minimum Gasteiger partial charge on any atom is -0.550 e. The van der Waals surface area contributed by atoms with Crippen molar-refractivity contribution < 1.29 is 580 Å². The SMILES string of the molecule is O=C([O-])CCCCCCCCCCOc1cc(C(=O)[O-])cc(OCCCCCCCCCCC(=O)[O-])c1-c1c2nc(c(-c3c(OCCCCCCCCCCC(=O)[O-])cc(C(=O)[O-])cc3OCCCCCCCCCCC(=O)[O-])c3ccc([nH]3)c(-c3c(OCCCCCCCCCCC(=O)[O-])cc(C(=O)[O-])cc3OCCCCCCCCCCC(=O)[O-])c3nc(c(-c4ccccc4)c4ccc1[nH]4)C=C3)C=C2.[K+].[K+].[K+].[K+].[K+].[K+].[K+].[K+].[K+]. The third kappa shape index (κ3) is 59.0. The van der Waals surface area contributed by atoms with Gasteiger partial charge in [-0.1, -0.05) is 261 Å². The number of rotatable bonds is 79. The number of H-pyrrole nitrogens is 2. The maximum atomic E-state index is 13.7. The monoisotopic (exact) mass is 2290 g/mol. The minimum atomic E-state index is -1.52. The molecule has 3 aromatic heterocycles. The summed E-state index contributed by atoms with van der Waals surface area (Å²) in [5.74, 6) is -10.2. The molecule has 2 N–H and O–H groups in total. The van der Waals surface area contributed by atoms with Gasteiger partial charge < -0.3 is 127 Å². The van der Waals surface area contributed by atoms with Gasteiger partial charge in [-0.25, -0.2) is 9.97 Å². The molecule has 7 aromatic rings. The predicted octanol–water partition coefficient (Wildman–Crippen LogP) is -10.7. The summed E-state index contributed by atoms with van der Waals surface area (Å²) < 4.78 is 41.9. The number of fused-ring (bicyclic) bond motifs is 8. The molecule has 9 rings (SSSR count). The van der Waals surface area contributed by atoms with Crippen molar-refractivity contribution in [1.29, 1.82) is 0 Å². The van der Waals surface area contributed by atoms with Gasteiger partial charge in [0.1, 0.15) is 34.5 Å². The smallest absolute Gasteiger partial charge is 0.550 e. The van der Waals surface area contributed by atoms with Gasteiger partial charge in [0, 0.05) is 96.8 Å². The zero-order valence-corrected chi connectivity index (χ0v) is 119. The molecule has 2 aliphatic rings. The summed E-state index contributed by atoms with van der Waals surface area (Å²) >= 11 is 0. The van der Waals surface area contributed by atoms with E-state index in [2.05, 4.69) is 9.97 Å². The number of aromatic nitrogens is 4. The average Bonchev–Trinajstić information content (AvgIpc) is 1.57. The van der Waals surface area contributed by atoms with Crippen molar-refractivity contribution in [3.8, 4) is 79.0 Å². The number of carboxylic acid groups (broad SMARTS) is 9. The largest absolute Gasteiger partial charge is 1.00 e. The molecule has 0 spiro atoms. The predicted molar refractivity (Wildman–Crippen MR) is 526 cm³/mol. The Hall–Kier alpha value is 2.24. The summed E-state index contributed by atoms with van der Waals surface area (Å²) in [7, 11) is 0. The minimum absolute atomic E-state index is 0. The molecule has 0 radical (unpaired) electrons. The van der Waals surface area contributed by atoms with Gasteiger partial charge in [0.15, 0.2) is 0 Å². The number of nitrogens with one attached hydrogen (secondary N) is 2. The Morgan fingerprint density at radius 2 is 0.360 bits per heavy atom. The van der Waals surface area contributed by atoms with Crippen molar-refractivity contribution in [2.24, 2.45) is 0 Å². The number of carbonyl (C=O) groups excluding carboxylic acids is 9. The third-order valence-electron chi connectivity index (χ3n) is 25.7. The first kappa shape index (κ1) is 152. The van der Waals surface area contributed by atoms with Crippen LogP contribution in [0.25, 0.3) is 90.9 Å². The van der Waals surface area contributed by atoms with Crippen molar-refractivity contribution in [2.45, 2.75) is 347 Å². The van der Waals surface area contributed by atoms with E-state index < -0.39 is 53.7 Å². The molecular formula is C113H141K9N4O24. The topological polar surface area (TPSA) is 474 Å². The van der Waals surface area contributed by atoms with E-state index in [0.29, 0.717) is 162 Å². The summed E-state index contributed by atoms with van der Waals surface area (Å²) in [6.45, 7) is 0.706. The molecule has 2 aliphatic heterocycles. The standard InChI is InChI=1S/C113H150N4O24.9K/c118-98(119)54-40-25-13-1-7-19-31-46-68-136-92-74-81(111(130)131)75-93(137-69-47-32-20-8-2-14-26-41-55-99(120)121)108(92)105-86-62-60-84(114-86)104(80-52-38-37-39-53-80)85-61-63-87(115-85)106(109-94(138-70-48-33-21-9-3-15-27-42-56-100(122)123)76-82(112(132)133)77-95(109)139-71-49-34-22-10-4-16-28-43-57-101(124)125)89-65-67-91(117-89)107(90-66-64-88(105)116-90)110-96(140-72-50-35-23-11-5-17-29-44-58-102(126)127)78-83(113(134)135)79-97(110)141-73-51-36-24-12-6-18-30-45-59-103(128)129;;;;;;;;;/h37-39,52-53,60-67,74-79,114,117H,1-36,40-51,54-59,68-73H2,(H,118,119)(H,120,121)(H,122,123)(H,124,125)(H,126,127)(H,128,129)(H,130,131)(H,132,133)(H,134,135);;;;;;;;;/q;9*+1/p-9. The molecule has 4 aromatic carbocycles. The van der Waals surface area contributed by atoms with Crippen molar-refractivity contribution in [3.05, 3.63) is 130 Å². The molecule has 0 aliphatic carbocycles. The molecule has 0 saturated carbocycles. The second-order valence-electron chi connectivity index (χ2n) is 37.1. The molecule has 150 heavy (non-hydrogen) atoms. The zero-order chi connectivity index (χ0) is 101.